The second-order valence-electron chi connectivity index (χ2n) is 6.94. The maximum atomic E-state index is 12.8. The number of carbonyl (C=O) groups excluding carboxylic acids is 1. The van der Waals surface area contributed by atoms with E-state index in [2.05, 4.69) is 15.5 Å². The predicted octanol–water partition coefficient (Wildman–Crippen LogP) is 3.87. The lowest BCUT2D eigenvalue weighted by molar-refractivity contribution is 0.177. The number of nitrogens with zero attached hydrogens (tertiary/aromatic N) is 2. The SMILES string of the molecule is O=C(NC1CCCOc2c(Cl)cccc21)N1CCC(c2cn[nH]c2)CC1. The van der Waals surface area contributed by atoms with E-state index < -0.39 is 0 Å². The molecule has 1 aromatic heterocycles. The first-order valence-corrected chi connectivity index (χ1v) is 9.55. The van der Waals surface area contributed by atoms with E-state index in [-0.39, 0.29) is 12.1 Å². The number of aromatic nitrogens is 2. The number of nitrogens with one attached hydrogen (secondary N) is 2. The maximum absolute atomic E-state index is 12.8. The molecule has 2 aliphatic heterocycles. The Bertz CT molecular complexity index is 757. The first-order chi connectivity index (χ1) is 12.7. The minimum atomic E-state index is -0.0645. The second-order valence-corrected chi connectivity index (χ2v) is 7.35. The molecule has 2 aliphatic rings. The maximum Gasteiger partial charge on any atom is 0.317 e. The molecule has 26 heavy (non-hydrogen) atoms. The topological polar surface area (TPSA) is 70.2 Å². The number of hydrogen-bond donors (Lipinski definition) is 2. The van der Waals surface area contributed by atoms with Crippen LogP contribution in [0, 0.1) is 0 Å². The molecule has 6 nitrogen and oxygen atoms in total. The fourth-order valence-electron chi connectivity index (χ4n) is 3.86. The third kappa shape index (κ3) is 3.51. The van der Waals surface area contributed by atoms with Gasteiger partial charge in [0.25, 0.3) is 0 Å². The molecule has 1 fully saturated rings. The summed E-state index contributed by atoms with van der Waals surface area (Å²) in [5.74, 6) is 1.18. The van der Waals surface area contributed by atoms with Crippen LogP contribution in [-0.4, -0.2) is 40.8 Å². The Morgan fingerprint density at radius 2 is 2.15 bits per heavy atom. The number of benzene rings is 1. The van der Waals surface area contributed by atoms with Crippen LogP contribution in [0.2, 0.25) is 5.02 Å². The Morgan fingerprint density at radius 3 is 2.92 bits per heavy atom. The molecule has 2 N–H and O–H groups in total. The van der Waals surface area contributed by atoms with Gasteiger partial charge in [0, 0.05) is 24.8 Å². The third-order valence-electron chi connectivity index (χ3n) is 5.33. The Hall–Kier alpha value is -2.21. The van der Waals surface area contributed by atoms with Gasteiger partial charge in [0.15, 0.2) is 0 Å². The molecule has 0 aliphatic carbocycles. The van der Waals surface area contributed by atoms with Gasteiger partial charge in [-0.3, -0.25) is 5.10 Å². The first kappa shape index (κ1) is 17.2. The second kappa shape index (κ2) is 7.58. The summed E-state index contributed by atoms with van der Waals surface area (Å²) in [4.78, 5) is 14.7. The predicted molar refractivity (Wildman–Crippen MR) is 99.6 cm³/mol. The van der Waals surface area contributed by atoms with Gasteiger partial charge in [-0.15, -0.1) is 0 Å². The van der Waals surface area contributed by atoms with Crippen LogP contribution >= 0.6 is 11.6 Å². The highest BCUT2D eigenvalue weighted by Gasteiger charge is 2.28. The van der Waals surface area contributed by atoms with Gasteiger partial charge in [-0.25, -0.2) is 4.79 Å². The lowest BCUT2D eigenvalue weighted by atomic mass is 9.92. The Kier molecular flexibility index (Phi) is 5.02. The molecule has 2 amide bonds. The van der Waals surface area contributed by atoms with Crippen LogP contribution in [0.5, 0.6) is 5.75 Å². The smallest absolute Gasteiger partial charge is 0.317 e. The molecule has 1 atom stereocenters. The van der Waals surface area contributed by atoms with Gasteiger partial charge in [-0.2, -0.15) is 5.10 Å². The average Bonchev–Trinajstić information content (AvgIpc) is 3.12. The van der Waals surface area contributed by atoms with Gasteiger partial charge in [0.2, 0.25) is 0 Å². The number of likely N-dealkylation sites (tertiary alicyclic amines) is 1. The molecule has 7 heteroatoms. The molecule has 4 rings (SSSR count). The van der Waals surface area contributed by atoms with E-state index in [9.17, 15) is 4.79 Å². The quantitative estimate of drug-likeness (QED) is 0.838. The lowest BCUT2D eigenvalue weighted by Gasteiger charge is -2.33. The van der Waals surface area contributed by atoms with E-state index in [1.165, 1.54) is 5.56 Å². The van der Waals surface area contributed by atoms with Crippen molar-refractivity contribution >= 4 is 17.6 Å². The normalized spacial score (nSPS) is 20.8. The summed E-state index contributed by atoms with van der Waals surface area (Å²) < 4.78 is 5.79. The summed E-state index contributed by atoms with van der Waals surface area (Å²) in [5, 5.41) is 10.7. The van der Waals surface area contributed by atoms with Gasteiger partial charge < -0.3 is 15.0 Å². The van der Waals surface area contributed by atoms with Crippen LogP contribution in [0.1, 0.15) is 48.8 Å². The van der Waals surface area contributed by atoms with Crippen molar-refractivity contribution in [2.24, 2.45) is 0 Å². The van der Waals surface area contributed by atoms with Gasteiger partial charge in [0.05, 0.1) is 23.9 Å². The number of piperidine rings is 1. The first-order valence-electron chi connectivity index (χ1n) is 9.17. The molecule has 0 radical (unpaired) electrons. The monoisotopic (exact) mass is 374 g/mol. The van der Waals surface area contributed by atoms with Crippen molar-refractivity contribution in [3.05, 3.63) is 46.7 Å². The number of hydrogen-bond acceptors (Lipinski definition) is 3. The number of aromatic amines is 1. The Balaban J connectivity index is 1.40. The largest absolute Gasteiger partial charge is 0.492 e. The zero-order valence-corrected chi connectivity index (χ0v) is 15.3. The number of H-pyrrole nitrogens is 1. The van der Waals surface area contributed by atoms with Gasteiger partial charge in [0.1, 0.15) is 5.75 Å². The number of rotatable bonds is 2. The van der Waals surface area contributed by atoms with Crippen LogP contribution in [0.4, 0.5) is 4.79 Å². The van der Waals surface area contributed by atoms with E-state index in [4.69, 9.17) is 16.3 Å². The molecular weight excluding hydrogens is 352 g/mol. The molecule has 1 unspecified atom stereocenters. The molecule has 0 saturated carbocycles. The Labute approximate surface area is 157 Å². The molecule has 138 valence electrons. The zero-order valence-electron chi connectivity index (χ0n) is 14.6. The van der Waals surface area contributed by atoms with Crippen molar-refractivity contribution in [1.82, 2.24) is 20.4 Å². The highest BCUT2D eigenvalue weighted by molar-refractivity contribution is 6.32. The summed E-state index contributed by atoms with van der Waals surface area (Å²) in [7, 11) is 0. The van der Waals surface area contributed by atoms with Crippen molar-refractivity contribution in [3.63, 3.8) is 0 Å². The molecule has 2 aromatic rings. The Morgan fingerprint density at radius 1 is 1.31 bits per heavy atom. The van der Waals surface area contributed by atoms with Crippen molar-refractivity contribution in [2.45, 2.75) is 37.6 Å². The minimum absolute atomic E-state index is 0.00605. The number of para-hydroxylation sites is 1. The molecule has 1 saturated heterocycles. The fourth-order valence-corrected chi connectivity index (χ4v) is 4.10. The summed E-state index contributed by atoms with van der Waals surface area (Å²) in [6, 6.07) is 5.65. The summed E-state index contributed by atoms with van der Waals surface area (Å²) >= 11 is 6.27. The highest BCUT2D eigenvalue weighted by Crippen LogP contribution is 2.37. The van der Waals surface area contributed by atoms with Crippen LogP contribution in [0.15, 0.2) is 30.6 Å². The number of urea groups is 1. The van der Waals surface area contributed by atoms with Crippen molar-refractivity contribution in [2.75, 3.05) is 19.7 Å². The van der Waals surface area contributed by atoms with Crippen LogP contribution < -0.4 is 10.1 Å². The van der Waals surface area contributed by atoms with E-state index in [1.54, 1.807) is 0 Å². The van der Waals surface area contributed by atoms with Crippen molar-refractivity contribution < 1.29 is 9.53 Å². The van der Waals surface area contributed by atoms with Crippen molar-refractivity contribution in [3.8, 4) is 5.75 Å². The van der Waals surface area contributed by atoms with Gasteiger partial charge in [-0.1, -0.05) is 23.7 Å². The summed E-state index contributed by atoms with van der Waals surface area (Å²) in [5.41, 5.74) is 2.20. The number of amides is 2. The minimum Gasteiger partial charge on any atom is -0.492 e. The van der Waals surface area contributed by atoms with Crippen molar-refractivity contribution in [1.29, 1.82) is 0 Å². The average molecular weight is 375 g/mol. The van der Waals surface area contributed by atoms with Crippen LogP contribution in [0.3, 0.4) is 0 Å². The van der Waals surface area contributed by atoms with E-state index in [0.717, 1.165) is 44.3 Å². The summed E-state index contributed by atoms with van der Waals surface area (Å²) in [6.07, 6.45) is 7.49. The lowest BCUT2D eigenvalue weighted by Crippen LogP contribution is -2.45. The molecule has 1 aromatic carbocycles. The highest BCUT2D eigenvalue weighted by atomic mass is 35.5. The standard InChI is InChI=1S/C19H23ClN4O2/c20-16-4-1-3-15-17(5-2-10-26-18(15)16)23-19(25)24-8-6-13(7-9-24)14-11-21-22-12-14/h1,3-4,11-13,17H,2,5-10H2,(H,21,22)(H,23,25). The molecule has 3 heterocycles. The van der Waals surface area contributed by atoms with Crippen LogP contribution in [0.25, 0.3) is 0 Å². The number of halogens is 1. The molecule has 0 spiro atoms. The number of carbonyl (C=O) groups is 1. The summed E-state index contributed by atoms with van der Waals surface area (Å²) in [6.45, 7) is 2.14. The zero-order chi connectivity index (χ0) is 17.9. The molecule has 0 bridgehead atoms. The van der Waals surface area contributed by atoms with Crippen LogP contribution in [-0.2, 0) is 0 Å². The molecular formula is C19H23ClN4O2. The van der Waals surface area contributed by atoms with Gasteiger partial charge in [-0.05, 0) is 43.2 Å². The van der Waals surface area contributed by atoms with E-state index >= 15 is 0 Å². The third-order valence-corrected chi connectivity index (χ3v) is 5.62. The van der Waals surface area contributed by atoms with E-state index in [0.29, 0.717) is 23.3 Å². The number of ether oxygens (including phenoxy) is 1. The fraction of sp³-hybridized carbons (Fsp3) is 0.474. The van der Waals surface area contributed by atoms with Gasteiger partial charge >= 0.3 is 6.03 Å². The number of fused-ring (bicyclic) bond motifs is 1. The van der Waals surface area contributed by atoms with E-state index in [1.807, 2.05) is 35.5 Å².